The minimum absolute atomic E-state index is 0.193. The second-order valence-corrected chi connectivity index (χ2v) is 26.2. The molecule has 172 valence electrons. The van der Waals surface area contributed by atoms with Gasteiger partial charge in [-0.3, -0.25) is 0 Å². The maximum Gasteiger partial charge on any atom is 0.207 e. The number of benzene rings is 2. The molecule has 0 amide bonds. The molecule has 2 rings (SSSR count). The number of hydrogen-bond donors (Lipinski definition) is 0. The lowest BCUT2D eigenvalue weighted by Gasteiger charge is -2.31. The van der Waals surface area contributed by atoms with E-state index in [-0.39, 0.29) is 10.8 Å². The quantitative estimate of drug-likeness (QED) is 0.215. The van der Waals surface area contributed by atoms with Crippen LogP contribution in [0.5, 0.6) is 0 Å². The number of alkyl halides is 4. The molecule has 2 aromatic rings. The third-order valence-electron chi connectivity index (χ3n) is 4.72. The van der Waals surface area contributed by atoms with E-state index in [0.29, 0.717) is 0 Å². The highest BCUT2D eigenvalue weighted by Gasteiger charge is 2.53. The number of sulfone groups is 1. The van der Waals surface area contributed by atoms with E-state index in [2.05, 4.69) is 156 Å². The Balaban J connectivity index is 2.37. The van der Waals surface area contributed by atoms with Crippen LogP contribution in [0.3, 0.4) is 0 Å². The van der Waals surface area contributed by atoms with Gasteiger partial charge in [0.2, 0.25) is 11.4 Å². The molecule has 31 heavy (non-hydrogen) atoms. The summed E-state index contributed by atoms with van der Waals surface area (Å²) in [5.74, 6) is 0. The highest BCUT2D eigenvalue weighted by atomic mass is 127. The summed E-state index contributed by atoms with van der Waals surface area (Å²) < 4.78 is 25.6. The molecule has 0 aliphatic carbocycles. The molecule has 2 aromatic carbocycles. The molecular formula is C24H30I4O2S. The topological polar surface area (TPSA) is 34.1 Å². The van der Waals surface area contributed by atoms with Crippen molar-refractivity contribution in [3.05, 3.63) is 70.8 Å². The number of rotatable bonds is 6. The summed E-state index contributed by atoms with van der Waals surface area (Å²) in [5, 5.41) is 0. The Hall–Kier alpha value is 1.31. The molecule has 0 fully saturated rings. The Kier molecular flexibility index (Phi) is 9.32. The molecule has 0 heterocycles. The summed E-state index contributed by atoms with van der Waals surface area (Å²) in [4.78, 5) is 0. The van der Waals surface area contributed by atoms with Crippen molar-refractivity contribution in [3.63, 3.8) is 0 Å². The monoisotopic (exact) mass is 890 g/mol. The van der Waals surface area contributed by atoms with Gasteiger partial charge in [-0.1, -0.05) is 90.1 Å². The predicted molar refractivity (Wildman–Crippen MR) is 168 cm³/mol. The second kappa shape index (κ2) is 10.1. The van der Waals surface area contributed by atoms with E-state index in [4.69, 9.17) is 0 Å². The fourth-order valence-corrected chi connectivity index (χ4v) is 15.0. The van der Waals surface area contributed by atoms with E-state index in [1.807, 2.05) is 24.3 Å². The molecule has 0 bridgehead atoms. The van der Waals surface area contributed by atoms with Crippen molar-refractivity contribution in [3.8, 4) is 0 Å². The van der Waals surface area contributed by atoms with Gasteiger partial charge in [0, 0.05) is 0 Å². The maximum atomic E-state index is 13.9. The fourth-order valence-electron chi connectivity index (χ4n) is 3.33. The lowest BCUT2D eigenvalue weighted by molar-refractivity contribution is 0.411. The molecule has 0 aromatic heterocycles. The zero-order valence-corrected chi connectivity index (χ0v) is 28.2. The van der Waals surface area contributed by atoms with E-state index >= 15 is 0 Å². The minimum atomic E-state index is -3.59. The molecule has 0 saturated heterocycles. The van der Waals surface area contributed by atoms with E-state index in [9.17, 15) is 8.42 Å². The van der Waals surface area contributed by atoms with Crippen LogP contribution in [0.15, 0.2) is 48.5 Å². The zero-order valence-electron chi connectivity index (χ0n) is 18.8. The van der Waals surface area contributed by atoms with Crippen LogP contribution in [-0.2, 0) is 24.2 Å². The smallest absolute Gasteiger partial charge is 0.207 e. The normalized spacial score (nSPS) is 14.0. The Morgan fingerprint density at radius 3 is 1.06 bits per heavy atom. The third kappa shape index (κ3) is 7.16. The predicted octanol–water partition coefficient (Wildman–Crippen LogP) is 8.94. The van der Waals surface area contributed by atoms with Gasteiger partial charge in [0.25, 0.3) is 0 Å². The minimum Gasteiger partial charge on any atom is -0.224 e. The molecule has 7 heteroatoms. The molecule has 2 nitrogen and oxygen atoms in total. The molecule has 0 aliphatic heterocycles. The van der Waals surface area contributed by atoms with Crippen LogP contribution in [0.2, 0.25) is 0 Å². The summed E-state index contributed by atoms with van der Waals surface area (Å²) in [5.41, 5.74) is 4.43. The molecule has 0 aliphatic rings. The summed E-state index contributed by atoms with van der Waals surface area (Å²) in [6.07, 6.45) is 1.91. The van der Waals surface area contributed by atoms with Crippen LogP contribution in [0, 0.1) is 10.8 Å². The van der Waals surface area contributed by atoms with Crippen LogP contribution in [0.25, 0.3) is 0 Å². The van der Waals surface area contributed by atoms with Crippen molar-refractivity contribution in [1.29, 1.82) is 0 Å². The van der Waals surface area contributed by atoms with Crippen LogP contribution >= 0.6 is 90.4 Å². The average molecular weight is 890 g/mol. The van der Waals surface area contributed by atoms with E-state index in [1.165, 1.54) is 11.1 Å². The Labute approximate surface area is 243 Å². The molecule has 0 N–H and O–H groups in total. The Morgan fingerprint density at radius 1 is 0.581 bits per heavy atom. The van der Waals surface area contributed by atoms with Gasteiger partial charge in [0.1, 0.15) is 0 Å². The molecule has 0 unspecified atom stereocenters. The van der Waals surface area contributed by atoms with Gasteiger partial charge in [0.05, 0.1) is 0 Å². The van der Waals surface area contributed by atoms with Crippen LogP contribution < -0.4 is 0 Å². The highest BCUT2D eigenvalue weighted by molar-refractivity contribution is 14.2. The zero-order chi connectivity index (χ0) is 23.9. The first-order valence-electron chi connectivity index (χ1n) is 10.1. The van der Waals surface area contributed by atoms with Crippen LogP contribution in [0.4, 0.5) is 0 Å². The lowest BCUT2D eigenvalue weighted by atomic mass is 9.88. The van der Waals surface area contributed by atoms with Crippen molar-refractivity contribution in [2.75, 3.05) is 0 Å². The third-order valence-corrected chi connectivity index (χ3v) is 16.0. The summed E-state index contributed by atoms with van der Waals surface area (Å²) in [7, 11) is -3.59. The molecule has 0 radical (unpaired) electrons. The second-order valence-electron chi connectivity index (χ2n) is 10.4. The van der Waals surface area contributed by atoms with Gasteiger partial charge >= 0.3 is 0 Å². The van der Waals surface area contributed by atoms with Crippen molar-refractivity contribution in [2.24, 2.45) is 10.8 Å². The molecule has 0 saturated carbocycles. The van der Waals surface area contributed by atoms with Gasteiger partial charge in [-0.25, -0.2) is 8.42 Å². The largest absolute Gasteiger partial charge is 0.224 e. The summed E-state index contributed by atoms with van der Waals surface area (Å²) in [6, 6.07) is 16.1. The van der Waals surface area contributed by atoms with Crippen LogP contribution in [0.1, 0.15) is 63.8 Å². The van der Waals surface area contributed by atoms with E-state index in [1.54, 1.807) is 0 Å². The van der Waals surface area contributed by atoms with E-state index < -0.39 is 11.4 Å². The van der Waals surface area contributed by atoms with Crippen LogP contribution in [-0.4, -0.2) is 8.42 Å². The summed E-state index contributed by atoms with van der Waals surface area (Å²) in [6.45, 7) is 13.2. The molecule has 0 atom stereocenters. The van der Waals surface area contributed by atoms with Gasteiger partial charge in [0.15, 0.2) is 0 Å². The first-order valence-corrected chi connectivity index (χ1v) is 15.9. The Bertz CT molecular complexity index is 918. The highest BCUT2D eigenvalue weighted by Crippen LogP contribution is 2.57. The van der Waals surface area contributed by atoms with Gasteiger partial charge in [-0.05, 0) is 136 Å². The van der Waals surface area contributed by atoms with Crippen molar-refractivity contribution < 1.29 is 8.42 Å². The van der Waals surface area contributed by atoms with Gasteiger partial charge < -0.3 is 0 Å². The molecular weight excluding hydrogens is 860 g/mol. The van der Waals surface area contributed by atoms with Gasteiger partial charge in [-0.2, -0.15) is 0 Å². The van der Waals surface area contributed by atoms with E-state index in [0.717, 1.165) is 24.0 Å². The SMILES string of the molecule is CC(C)(C)Cc1ccc(C(I)(I)S(=O)(=O)C(I)(I)c2ccc(CC(C)(C)C)cc2)cc1. The lowest BCUT2D eigenvalue weighted by Crippen LogP contribution is -2.34. The average Bonchev–Trinajstić information content (AvgIpc) is 2.59. The number of hydrogen-bond acceptors (Lipinski definition) is 2. The van der Waals surface area contributed by atoms with Crippen molar-refractivity contribution in [2.45, 2.75) is 55.9 Å². The Morgan fingerprint density at radius 2 is 0.839 bits per heavy atom. The van der Waals surface area contributed by atoms with Crippen molar-refractivity contribution >= 4 is 100 Å². The maximum absolute atomic E-state index is 13.9. The standard InChI is InChI=1S/C24H30I4O2S/c1-21(2,3)15-17-7-11-19(12-8-17)23(25,26)31(29,30)24(27,28)20-13-9-18(10-14-20)16-22(4,5)6/h7-14H,15-16H2,1-6H3. The van der Waals surface area contributed by atoms with Crippen molar-refractivity contribution in [1.82, 2.24) is 0 Å². The number of halogens is 4. The fraction of sp³-hybridized carbons (Fsp3) is 0.500. The summed E-state index contributed by atoms with van der Waals surface area (Å²) >= 11 is 8.36. The first kappa shape index (κ1) is 28.5. The molecule has 0 spiro atoms. The van der Waals surface area contributed by atoms with Gasteiger partial charge in [-0.15, -0.1) is 0 Å². The first-order chi connectivity index (χ1) is 13.9.